The minimum Gasteiger partial charge on any atom is -0.494 e. The van der Waals surface area contributed by atoms with Crippen LogP contribution < -0.4 is 23.8 Å². The topological polar surface area (TPSA) is 40.2 Å². The molecular weight excluding hydrogens is 695 g/mol. The van der Waals surface area contributed by atoms with E-state index in [-0.39, 0.29) is 0 Å². The Kier molecular flexibility index (Phi) is 11.4. The van der Waals surface area contributed by atoms with Crippen LogP contribution in [0.2, 0.25) is 0 Å². The van der Waals surface area contributed by atoms with Gasteiger partial charge in [-0.1, -0.05) is 76.7 Å². The monoisotopic (exact) mass is 745 g/mol. The second-order valence-corrected chi connectivity index (χ2v) is 16.3. The van der Waals surface area contributed by atoms with Gasteiger partial charge in [0.25, 0.3) is 0 Å². The highest BCUT2D eigenvalue weighted by molar-refractivity contribution is 7.24. The van der Waals surface area contributed by atoms with E-state index in [4.69, 9.17) is 18.9 Å². The molecule has 5 nitrogen and oxygen atoms in total. The molecule has 0 radical (unpaired) electrons. The van der Waals surface area contributed by atoms with Gasteiger partial charge in [-0.15, -0.1) is 22.7 Å². The zero-order valence-electron chi connectivity index (χ0n) is 31.1. The lowest BCUT2D eigenvalue weighted by molar-refractivity contribution is 0.175. The first-order chi connectivity index (χ1) is 26.2. The Morgan fingerprint density at radius 1 is 0.604 bits per heavy atom. The molecule has 0 fully saturated rings. The van der Waals surface area contributed by atoms with Crippen LogP contribution in [-0.2, 0) is 0 Å². The predicted molar refractivity (Wildman–Crippen MR) is 222 cm³/mol. The molecule has 53 heavy (non-hydrogen) atoms. The minimum absolute atomic E-state index is 0.505. The normalized spacial score (nSPS) is 16.8. The summed E-state index contributed by atoms with van der Waals surface area (Å²) in [6.45, 7) is 7.12. The average Bonchev–Trinajstić information content (AvgIpc) is 3.84. The predicted octanol–water partition coefficient (Wildman–Crippen LogP) is 13.8. The van der Waals surface area contributed by atoms with Crippen molar-refractivity contribution in [3.8, 4) is 43.2 Å². The van der Waals surface area contributed by atoms with Gasteiger partial charge in [0.2, 0.25) is 0 Å². The maximum absolute atomic E-state index is 6.38. The van der Waals surface area contributed by atoms with Crippen molar-refractivity contribution in [2.45, 2.75) is 89.9 Å². The van der Waals surface area contributed by atoms with Crippen LogP contribution in [0.3, 0.4) is 0 Å². The van der Waals surface area contributed by atoms with Crippen molar-refractivity contribution in [2.75, 3.05) is 31.3 Å². The van der Waals surface area contributed by atoms with Gasteiger partial charge < -0.3 is 23.8 Å². The first-order valence-corrected chi connectivity index (χ1v) is 21.5. The lowest BCUT2D eigenvalue weighted by Gasteiger charge is -2.31. The smallest absolute Gasteiger partial charge is 0.181 e. The van der Waals surface area contributed by atoms with E-state index in [0.29, 0.717) is 25.0 Å². The maximum Gasteiger partial charge on any atom is 0.181 e. The number of hydrogen-bond acceptors (Lipinski definition) is 7. The summed E-state index contributed by atoms with van der Waals surface area (Å²) in [6, 6.07) is 25.9. The van der Waals surface area contributed by atoms with Crippen LogP contribution in [0.1, 0.15) is 101 Å². The third-order valence-electron chi connectivity index (χ3n) is 10.7. The number of ether oxygens (including phenoxy) is 4. The number of fused-ring (bicyclic) bond motifs is 2. The molecule has 0 spiro atoms. The number of benzene rings is 3. The van der Waals surface area contributed by atoms with E-state index in [2.05, 4.69) is 109 Å². The van der Waals surface area contributed by atoms with Crippen molar-refractivity contribution in [2.24, 2.45) is 0 Å². The van der Waals surface area contributed by atoms with Gasteiger partial charge >= 0.3 is 0 Å². The van der Waals surface area contributed by atoms with Gasteiger partial charge in [0.1, 0.15) is 24.7 Å². The van der Waals surface area contributed by atoms with E-state index >= 15 is 0 Å². The van der Waals surface area contributed by atoms with Crippen molar-refractivity contribution >= 4 is 39.7 Å². The molecule has 4 aliphatic rings. The van der Waals surface area contributed by atoms with Crippen LogP contribution in [0.25, 0.3) is 20.2 Å². The van der Waals surface area contributed by atoms with Crippen LogP contribution >= 0.6 is 22.7 Å². The van der Waals surface area contributed by atoms with Gasteiger partial charge in [-0.3, -0.25) is 0 Å². The molecule has 3 aromatic carbocycles. The molecule has 3 aliphatic carbocycles. The number of rotatable bonds is 17. The van der Waals surface area contributed by atoms with Crippen LogP contribution in [0.15, 0.2) is 90.3 Å². The summed E-state index contributed by atoms with van der Waals surface area (Å²) in [5.74, 6) is 4.67. The van der Waals surface area contributed by atoms with Crippen LogP contribution in [0, 0.1) is 0 Å². The number of allylic oxidation sites excluding steroid dienone is 2. The Labute approximate surface area is 323 Å². The van der Waals surface area contributed by atoms with Gasteiger partial charge in [0, 0.05) is 28.9 Å². The van der Waals surface area contributed by atoms with Crippen molar-refractivity contribution in [1.29, 1.82) is 0 Å². The molecule has 0 N–H and O–H groups in total. The Bertz CT molecular complexity index is 1920. The molecule has 276 valence electrons. The van der Waals surface area contributed by atoms with Gasteiger partial charge in [0.05, 0.1) is 27.8 Å². The Hall–Kier alpha value is -4.20. The number of nitrogens with zero attached hydrogens (tertiary/aromatic N) is 1. The fraction of sp³-hybridized carbons (Fsp3) is 0.391. The van der Waals surface area contributed by atoms with Crippen LogP contribution in [-0.4, -0.2) is 26.4 Å². The first-order valence-electron chi connectivity index (χ1n) is 19.8. The summed E-state index contributed by atoms with van der Waals surface area (Å²) >= 11 is 3.69. The fourth-order valence-corrected chi connectivity index (χ4v) is 10.4. The molecule has 2 bridgehead atoms. The molecule has 9 rings (SSSR count). The molecular formula is C46H51NO4S2. The molecule has 3 heterocycles. The molecule has 0 amide bonds. The standard InChI is InChI=1S/C46H51NO4S2/c1-3-5-7-9-27-48-38-23-19-36(20-24-38)47(37-21-25-39(26-22-37)49-28-10-8-6-4-2)35-17-15-34(16-18-35)44-42-43(51-30-29-50-42)46(53-44)45-41-33-13-11-32(12-14-33)40(41)31-52-45/h11,13,15-26,31-33H,3-10,12,14,27-30H2,1-2H3. The summed E-state index contributed by atoms with van der Waals surface area (Å²) in [6.07, 6.45) is 16.9. The molecule has 5 aromatic rings. The lowest BCUT2D eigenvalue weighted by Crippen LogP contribution is -2.16. The second kappa shape index (κ2) is 16.9. The number of thiophene rings is 2. The van der Waals surface area contributed by atoms with Crippen molar-refractivity contribution in [3.05, 3.63) is 101 Å². The Morgan fingerprint density at radius 2 is 1.13 bits per heavy atom. The number of unbranched alkanes of at least 4 members (excludes halogenated alkanes) is 6. The van der Waals surface area contributed by atoms with E-state index in [1.807, 2.05) is 22.7 Å². The van der Waals surface area contributed by atoms with E-state index in [0.717, 1.165) is 76.6 Å². The van der Waals surface area contributed by atoms with Crippen molar-refractivity contribution < 1.29 is 18.9 Å². The van der Waals surface area contributed by atoms with E-state index in [1.165, 1.54) is 72.2 Å². The molecule has 2 unspecified atom stereocenters. The largest absolute Gasteiger partial charge is 0.494 e. The zero-order chi connectivity index (χ0) is 36.0. The summed E-state index contributed by atoms with van der Waals surface area (Å²) in [5, 5.41) is 2.39. The fourth-order valence-electron chi connectivity index (χ4n) is 7.87. The molecule has 1 aliphatic heterocycles. The van der Waals surface area contributed by atoms with E-state index in [9.17, 15) is 0 Å². The van der Waals surface area contributed by atoms with Crippen molar-refractivity contribution in [3.63, 3.8) is 0 Å². The minimum atomic E-state index is 0.505. The first kappa shape index (κ1) is 35.8. The second-order valence-electron chi connectivity index (χ2n) is 14.4. The third kappa shape index (κ3) is 7.74. The van der Waals surface area contributed by atoms with E-state index < -0.39 is 0 Å². The summed E-state index contributed by atoms with van der Waals surface area (Å²) in [4.78, 5) is 6.01. The summed E-state index contributed by atoms with van der Waals surface area (Å²) in [7, 11) is 0. The van der Waals surface area contributed by atoms with Gasteiger partial charge in [0.15, 0.2) is 11.5 Å². The summed E-state index contributed by atoms with van der Waals surface area (Å²) in [5.41, 5.74) is 7.40. The quantitative estimate of drug-likeness (QED) is 0.0700. The molecule has 7 heteroatoms. The highest BCUT2D eigenvalue weighted by atomic mass is 32.1. The van der Waals surface area contributed by atoms with Crippen LogP contribution in [0.5, 0.6) is 23.0 Å². The molecule has 0 saturated heterocycles. The lowest BCUT2D eigenvalue weighted by atomic mass is 9.72. The van der Waals surface area contributed by atoms with E-state index in [1.54, 1.807) is 0 Å². The van der Waals surface area contributed by atoms with Gasteiger partial charge in [-0.05, 0) is 108 Å². The van der Waals surface area contributed by atoms with Gasteiger partial charge in [-0.2, -0.15) is 0 Å². The molecule has 2 aromatic heterocycles. The Morgan fingerprint density at radius 3 is 1.68 bits per heavy atom. The SMILES string of the molecule is CCCCCCOc1ccc(N(c2ccc(OCCCCCC)cc2)c2ccc(-c3sc(-c4scc5c4C4C=CC5CC4)c4c3OCCO4)cc2)cc1. The Balaban J connectivity index is 1.07. The van der Waals surface area contributed by atoms with Gasteiger partial charge in [-0.25, -0.2) is 0 Å². The summed E-state index contributed by atoms with van der Waals surface area (Å²) < 4.78 is 24.9. The van der Waals surface area contributed by atoms with Crippen molar-refractivity contribution in [1.82, 2.24) is 0 Å². The molecule has 0 saturated carbocycles. The van der Waals surface area contributed by atoms with Crippen LogP contribution in [0.4, 0.5) is 17.1 Å². The highest BCUT2D eigenvalue weighted by Gasteiger charge is 2.36. The average molecular weight is 746 g/mol. The third-order valence-corrected chi connectivity index (χ3v) is 13.1. The number of hydrogen-bond donors (Lipinski definition) is 0. The highest BCUT2D eigenvalue weighted by Crippen LogP contribution is 2.59. The maximum atomic E-state index is 6.38. The molecule has 2 atom stereocenters. The zero-order valence-corrected chi connectivity index (χ0v) is 32.7. The number of anilines is 3.